The van der Waals surface area contributed by atoms with E-state index in [2.05, 4.69) is 4.98 Å². The molecule has 154 valence electrons. The number of nitrogens with zero attached hydrogens (tertiary/aromatic N) is 3. The molecule has 2 rings (SSSR count). The van der Waals surface area contributed by atoms with Crippen LogP contribution in [0, 0.1) is 5.92 Å². The van der Waals surface area contributed by atoms with Crippen molar-refractivity contribution in [2.75, 3.05) is 39.9 Å². The van der Waals surface area contributed by atoms with Crippen molar-refractivity contribution >= 4 is 29.4 Å². The minimum Gasteiger partial charge on any atom is -0.478 e. The summed E-state index contributed by atoms with van der Waals surface area (Å²) in [7, 11) is 1.51. The minimum absolute atomic E-state index is 0.0333. The highest BCUT2D eigenvalue weighted by molar-refractivity contribution is 6.33. The Bertz CT molecular complexity index is 728. The van der Waals surface area contributed by atoms with E-state index in [-0.39, 0.29) is 35.1 Å². The second-order valence-electron chi connectivity index (χ2n) is 6.51. The van der Waals surface area contributed by atoms with Gasteiger partial charge in [0.15, 0.2) is 5.69 Å². The van der Waals surface area contributed by atoms with Gasteiger partial charge in [-0.1, -0.05) is 11.6 Å². The van der Waals surface area contributed by atoms with Gasteiger partial charge in [-0.2, -0.15) is 0 Å². The number of pyridine rings is 1. The molecule has 0 saturated carbocycles. The molecule has 1 aromatic heterocycles. The van der Waals surface area contributed by atoms with Gasteiger partial charge < -0.3 is 19.3 Å². The van der Waals surface area contributed by atoms with Crippen LogP contribution >= 0.6 is 11.6 Å². The van der Waals surface area contributed by atoms with Crippen LogP contribution in [-0.4, -0.2) is 72.5 Å². The molecule has 8 nitrogen and oxygen atoms in total. The molecular weight excluding hydrogens is 386 g/mol. The standard InChI is InChI=1S/C19H26ClN3O5/c1-4-27-15-9-8-14(20)17(21-15)18(25)22(3)12-16(24)23-10-6-7-13(11-23)19(26)28-5-2/h8-9,13H,4-7,10-12H2,1-3H3. The van der Waals surface area contributed by atoms with Gasteiger partial charge >= 0.3 is 5.97 Å². The molecule has 2 heterocycles. The molecule has 0 radical (unpaired) electrons. The first kappa shape index (κ1) is 21.9. The van der Waals surface area contributed by atoms with Gasteiger partial charge in [-0.3, -0.25) is 14.4 Å². The molecule has 1 atom stereocenters. The van der Waals surface area contributed by atoms with Crippen molar-refractivity contribution in [1.29, 1.82) is 0 Å². The molecule has 1 saturated heterocycles. The number of amides is 2. The van der Waals surface area contributed by atoms with Crippen molar-refractivity contribution in [2.45, 2.75) is 26.7 Å². The lowest BCUT2D eigenvalue weighted by molar-refractivity contribution is -0.151. The lowest BCUT2D eigenvalue weighted by atomic mass is 9.98. The number of ether oxygens (including phenoxy) is 2. The van der Waals surface area contributed by atoms with Crippen LogP contribution in [0.1, 0.15) is 37.2 Å². The number of halogens is 1. The Hall–Kier alpha value is -2.35. The zero-order valence-electron chi connectivity index (χ0n) is 16.4. The second-order valence-corrected chi connectivity index (χ2v) is 6.91. The van der Waals surface area contributed by atoms with Crippen molar-refractivity contribution in [3.63, 3.8) is 0 Å². The highest BCUT2D eigenvalue weighted by atomic mass is 35.5. The average Bonchev–Trinajstić information content (AvgIpc) is 2.69. The Kier molecular flexibility index (Phi) is 8.04. The lowest BCUT2D eigenvalue weighted by Crippen LogP contribution is -2.47. The first-order valence-corrected chi connectivity index (χ1v) is 9.74. The van der Waals surface area contributed by atoms with Crippen molar-refractivity contribution in [1.82, 2.24) is 14.8 Å². The SMILES string of the molecule is CCOC(=O)C1CCCN(C(=O)CN(C)C(=O)c2nc(OCC)ccc2Cl)C1. The smallest absolute Gasteiger partial charge is 0.310 e. The fraction of sp³-hybridized carbons (Fsp3) is 0.579. The van der Waals surface area contributed by atoms with Crippen molar-refractivity contribution in [3.8, 4) is 5.88 Å². The Morgan fingerprint density at radius 2 is 2.04 bits per heavy atom. The summed E-state index contributed by atoms with van der Waals surface area (Å²) in [6.07, 6.45) is 1.41. The maximum Gasteiger partial charge on any atom is 0.310 e. The monoisotopic (exact) mass is 411 g/mol. The Morgan fingerprint density at radius 3 is 2.71 bits per heavy atom. The van der Waals surface area contributed by atoms with Crippen LogP contribution in [0.5, 0.6) is 5.88 Å². The fourth-order valence-corrected chi connectivity index (χ4v) is 3.20. The molecule has 1 aliphatic rings. The third kappa shape index (κ3) is 5.58. The van der Waals surface area contributed by atoms with E-state index in [1.807, 2.05) is 6.92 Å². The Balaban J connectivity index is 2.00. The number of esters is 1. The average molecular weight is 412 g/mol. The molecule has 2 amide bonds. The van der Waals surface area contributed by atoms with E-state index in [1.54, 1.807) is 17.9 Å². The van der Waals surface area contributed by atoms with Gasteiger partial charge in [0.25, 0.3) is 5.91 Å². The lowest BCUT2D eigenvalue weighted by Gasteiger charge is -2.32. The topological polar surface area (TPSA) is 89.0 Å². The van der Waals surface area contributed by atoms with Crippen molar-refractivity contribution in [3.05, 3.63) is 22.8 Å². The van der Waals surface area contributed by atoms with Crippen molar-refractivity contribution < 1.29 is 23.9 Å². The summed E-state index contributed by atoms with van der Waals surface area (Å²) >= 11 is 6.09. The number of hydrogen-bond donors (Lipinski definition) is 0. The number of likely N-dealkylation sites (N-methyl/N-ethyl adjacent to an activating group) is 1. The Morgan fingerprint density at radius 1 is 1.29 bits per heavy atom. The van der Waals surface area contributed by atoms with Gasteiger partial charge in [-0.25, -0.2) is 4.98 Å². The number of carbonyl (C=O) groups is 3. The number of hydrogen-bond acceptors (Lipinski definition) is 6. The molecule has 9 heteroatoms. The number of rotatable bonds is 7. The molecule has 1 unspecified atom stereocenters. The highest BCUT2D eigenvalue weighted by Gasteiger charge is 2.30. The van der Waals surface area contributed by atoms with Gasteiger partial charge in [0.1, 0.15) is 0 Å². The van der Waals surface area contributed by atoms with Crippen LogP contribution in [0.25, 0.3) is 0 Å². The summed E-state index contributed by atoms with van der Waals surface area (Å²) in [6, 6.07) is 3.12. The summed E-state index contributed by atoms with van der Waals surface area (Å²) < 4.78 is 10.4. The molecule has 0 aromatic carbocycles. The molecule has 0 aliphatic carbocycles. The predicted octanol–water partition coefficient (Wildman–Crippen LogP) is 2.01. The number of piperidine rings is 1. The molecular formula is C19H26ClN3O5. The third-order valence-corrected chi connectivity index (χ3v) is 4.73. The summed E-state index contributed by atoms with van der Waals surface area (Å²) in [5.41, 5.74) is 0.0333. The maximum atomic E-state index is 12.7. The zero-order valence-corrected chi connectivity index (χ0v) is 17.2. The zero-order chi connectivity index (χ0) is 20.7. The number of aromatic nitrogens is 1. The van der Waals surface area contributed by atoms with Gasteiger partial charge in [0.2, 0.25) is 11.8 Å². The molecule has 0 N–H and O–H groups in total. The van der Waals surface area contributed by atoms with Gasteiger partial charge in [0, 0.05) is 26.2 Å². The number of carbonyl (C=O) groups excluding carboxylic acids is 3. The maximum absolute atomic E-state index is 12.7. The van der Waals surface area contributed by atoms with E-state index >= 15 is 0 Å². The van der Waals surface area contributed by atoms with Crippen LogP contribution < -0.4 is 4.74 Å². The molecule has 0 spiro atoms. The minimum atomic E-state index is -0.473. The summed E-state index contributed by atoms with van der Waals surface area (Å²) in [5.74, 6) is -1.02. The molecule has 0 bridgehead atoms. The van der Waals surface area contributed by atoms with Crippen molar-refractivity contribution in [2.24, 2.45) is 5.92 Å². The second kappa shape index (κ2) is 10.3. The summed E-state index contributed by atoms with van der Waals surface area (Å²) in [6.45, 7) is 5.01. The summed E-state index contributed by atoms with van der Waals surface area (Å²) in [4.78, 5) is 44.2. The third-order valence-electron chi connectivity index (χ3n) is 4.43. The van der Waals surface area contributed by atoms with E-state index in [0.717, 1.165) is 6.42 Å². The fourth-order valence-electron chi connectivity index (χ4n) is 3.01. The first-order valence-electron chi connectivity index (χ1n) is 9.36. The van der Waals surface area contributed by atoms with E-state index < -0.39 is 5.91 Å². The number of likely N-dealkylation sites (tertiary alicyclic amines) is 1. The summed E-state index contributed by atoms with van der Waals surface area (Å²) in [5, 5.41) is 0.188. The molecule has 1 fully saturated rings. The van der Waals surface area contributed by atoms with E-state index in [1.165, 1.54) is 18.0 Å². The van der Waals surface area contributed by atoms with Gasteiger partial charge in [0.05, 0.1) is 30.7 Å². The molecule has 1 aromatic rings. The highest BCUT2D eigenvalue weighted by Crippen LogP contribution is 2.21. The first-order chi connectivity index (χ1) is 13.4. The largest absolute Gasteiger partial charge is 0.478 e. The Labute approximate surface area is 169 Å². The van der Waals surface area contributed by atoms with Crippen LogP contribution in [0.15, 0.2) is 12.1 Å². The van der Waals surface area contributed by atoms with Crippen LogP contribution in [-0.2, 0) is 14.3 Å². The van der Waals surface area contributed by atoms with E-state index in [4.69, 9.17) is 21.1 Å². The quantitative estimate of drug-likeness (QED) is 0.637. The normalized spacial score (nSPS) is 16.4. The van der Waals surface area contributed by atoms with Gasteiger partial charge in [-0.05, 0) is 32.8 Å². The van der Waals surface area contributed by atoms with Gasteiger partial charge in [-0.15, -0.1) is 0 Å². The van der Waals surface area contributed by atoms with Crippen LogP contribution in [0.2, 0.25) is 5.02 Å². The van der Waals surface area contributed by atoms with Crippen LogP contribution in [0.4, 0.5) is 0 Å². The molecule has 1 aliphatic heterocycles. The van der Waals surface area contributed by atoms with E-state index in [9.17, 15) is 14.4 Å². The van der Waals surface area contributed by atoms with E-state index in [0.29, 0.717) is 38.6 Å². The predicted molar refractivity (Wildman–Crippen MR) is 103 cm³/mol. The molecule has 28 heavy (non-hydrogen) atoms. The van der Waals surface area contributed by atoms with Crippen LogP contribution in [0.3, 0.4) is 0 Å².